The Balaban J connectivity index is 0.00000387. The number of anilines is 2. The lowest BCUT2D eigenvalue weighted by atomic mass is 10.1. The molecule has 3 aromatic carbocycles. The molecule has 41 heavy (non-hydrogen) atoms. The Kier molecular flexibility index (Phi) is 11.3. The Morgan fingerprint density at radius 1 is 1.00 bits per heavy atom. The van der Waals surface area contributed by atoms with Crippen molar-refractivity contribution < 1.29 is 19.0 Å². The van der Waals surface area contributed by atoms with Crippen molar-refractivity contribution in [1.29, 1.82) is 0 Å². The molecular formula is C31H36BrN5O4. The van der Waals surface area contributed by atoms with Crippen LogP contribution in [0.4, 0.5) is 11.5 Å². The molecule has 0 amide bonds. The zero-order valence-electron chi connectivity index (χ0n) is 23.4. The number of oxime groups is 1. The van der Waals surface area contributed by atoms with E-state index >= 15 is 0 Å². The molecule has 10 heteroatoms. The molecule has 2 heterocycles. The summed E-state index contributed by atoms with van der Waals surface area (Å²) in [5, 5.41) is 8.53. The summed E-state index contributed by atoms with van der Waals surface area (Å²) >= 11 is 0. The van der Waals surface area contributed by atoms with Gasteiger partial charge in [-0.3, -0.25) is 4.90 Å². The number of nitrogens with zero attached hydrogens (tertiary/aromatic N) is 4. The van der Waals surface area contributed by atoms with E-state index in [4.69, 9.17) is 19.0 Å². The minimum atomic E-state index is 0. The van der Waals surface area contributed by atoms with Crippen molar-refractivity contribution in [1.82, 2.24) is 14.9 Å². The number of methoxy groups -OCH3 is 1. The molecule has 9 nitrogen and oxygen atoms in total. The Morgan fingerprint density at radius 2 is 1.78 bits per heavy atom. The van der Waals surface area contributed by atoms with Crippen molar-refractivity contribution >= 4 is 45.1 Å². The molecule has 5 rings (SSSR count). The molecule has 0 aliphatic carbocycles. The number of fused-ring (bicyclic) bond motifs is 1. The Bertz CT molecular complexity index is 1410. The zero-order chi connectivity index (χ0) is 27.6. The Hall–Kier alpha value is -3.73. The molecule has 0 radical (unpaired) electrons. The zero-order valence-corrected chi connectivity index (χ0v) is 25.1. The first-order valence-corrected chi connectivity index (χ1v) is 13.5. The average Bonchev–Trinajstić information content (AvgIpc) is 3.00. The summed E-state index contributed by atoms with van der Waals surface area (Å²) < 4.78 is 17.2. The minimum Gasteiger partial charge on any atom is -0.493 e. The fourth-order valence-corrected chi connectivity index (χ4v) is 4.49. The van der Waals surface area contributed by atoms with Crippen molar-refractivity contribution in [2.75, 3.05) is 51.9 Å². The van der Waals surface area contributed by atoms with E-state index in [0.717, 1.165) is 72.7 Å². The predicted octanol–water partition coefficient (Wildman–Crippen LogP) is 6.00. The van der Waals surface area contributed by atoms with Crippen molar-refractivity contribution in [3.05, 3.63) is 84.2 Å². The lowest BCUT2D eigenvalue weighted by Gasteiger charge is -2.26. The third kappa shape index (κ3) is 8.39. The summed E-state index contributed by atoms with van der Waals surface area (Å²) in [5.41, 5.74) is 4.52. The van der Waals surface area contributed by atoms with E-state index in [0.29, 0.717) is 30.5 Å². The van der Waals surface area contributed by atoms with Gasteiger partial charge in [0.05, 0.1) is 38.2 Å². The van der Waals surface area contributed by atoms with Crippen LogP contribution in [-0.4, -0.2) is 67.1 Å². The number of hydrogen-bond acceptors (Lipinski definition) is 9. The van der Waals surface area contributed by atoms with E-state index in [2.05, 4.69) is 25.3 Å². The number of morpholine rings is 1. The summed E-state index contributed by atoms with van der Waals surface area (Å²) in [6, 6.07) is 21.8. The fraction of sp³-hybridized carbons (Fsp3) is 0.323. The van der Waals surface area contributed by atoms with Gasteiger partial charge in [-0.05, 0) is 42.7 Å². The normalized spacial score (nSPS) is 13.9. The number of ether oxygens (including phenoxy) is 3. The third-order valence-electron chi connectivity index (χ3n) is 6.74. The molecule has 1 fully saturated rings. The van der Waals surface area contributed by atoms with Crippen molar-refractivity contribution in [3.8, 4) is 11.5 Å². The smallest absolute Gasteiger partial charge is 0.162 e. The first kappa shape index (κ1) is 30.2. The molecule has 1 saturated heterocycles. The third-order valence-corrected chi connectivity index (χ3v) is 6.74. The van der Waals surface area contributed by atoms with Crippen LogP contribution in [-0.2, 0) is 16.2 Å². The molecule has 1 N–H and O–H groups in total. The Morgan fingerprint density at radius 3 is 2.54 bits per heavy atom. The van der Waals surface area contributed by atoms with Gasteiger partial charge in [0.15, 0.2) is 11.5 Å². The number of rotatable bonds is 12. The summed E-state index contributed by atoms with van der Waals surface area (Å²) in [5.74, 6) is 2.01. The van der Waals surface area contributed by atoms with Gasteiger partial charge in [-0.15, -0.1) is 17.0 Å². The molecule has 0 bridgehead atoms. The molecule has 0 spiro atoms. The fourth-order valence-electron chi connectivity index (χ4n) is 4.49. The van der Waals surface area contributed by atoms with Gasteiger partial charge in [0, 0.05) is 36.8 Å². The lowest BCUT2D eigenvalue weighted by Crippen LogP contribution is -2.37. The highest BCUT2D eigenvalue weighted by Crippen LogP contribution is 2.35. The SMILES string of the molecule is Br.COc1cc2ncnc(Nc3ccc(/C(C)=N/OCc4ccccc4)cc3)c2cc1OCCCN1CCOCC1. The van der Waals surface area contributed by atoms with Crippen molar-refractivity contribution in [2.45, 2.75) is 20.0 Å². The van der Waals surface area contributed by atoms with Gasteiger partial charge in [0.25, 0.3) is 0 Å². The molecule has 4 aromatic rings. The summed E-state index contributed by atoms with van der Waals surface area (Å²) in [4.78, 5) is 16.9. The molecule has 0 atom stereocenters. The topological polar surface area (TPSA) is 90.3 Å². The summed E-state index contributed by atoms with van der Waals surface area (Å²) in [6.45, 7) is 7.48. The number of halogens is 1. The van der Waals surface area contributed by atoms with Crippen LogP contribution in [0.2, 0.25) is 0 Å². The van der Waals surface area contributed by atoms with Crippen LogP contribution < -0.4 is 14.8 Å². The largest absolute Gasteiger partial charge is 0.493 e. The van der Waals surface area contributed by atoms with Gasteiger partial charge in [-0.2, -0.15) is 0 Å². The molecular weight excluding hydrogens is 586 g/mol. The van der Waals surface area contributed by atoms with Crippen LogP contribution in [0.1, 0.15) is 24.5 Å². The second-order valence-electron chi connectivity index (χ2n) is 9.54. The standard InChI is InChI=1S/C31H35N5O4.BrH/c1-23(35-40-21-24-7-4-3-5-8-24)25-9-11-26(12-10-25)34-31-27-19-30(29(37-2)20-28(27)32-22-33-31)39-16-6-13-36-14-17-38-18-15-36;/h3-5,7-12,19-20,22H,6,13-18,21H2,1-2H3,(H,32,33,34);1H/b35-23+;. The molecule has 1 aliphatic rings. The van der Waals surface area contributed by atoms with Crippen molar-refractivity contribution in [3.63, 3.8) is 0 Å². The summed E-state index contributed by atoms with van der Waals surface area (Å²) in [7, 11) is 1.64. The van der Waals surface area contributed by atoms with Gasteiger partial charge in [0.2, 0.25) is 0 Å². The van der Waals surface area contributed by atoms with Gasteiger partial charge >= 0.3 is 0 Å². The maximum absolute atomic E-state index is 6.14. The number of benzene rings is 3. The van der Waals surface area contributed by atoms with Crippen LogP contribution in [0.15, 0.2) is 78.2 Å². The molecule has 1 aliphatic heterocycles. The Labute approximate surface area is 251 Å². The van der Waals surface area contributed by atoms with Gasteiger partial charge < -0.3 is 24.4 Å². The van der Waals surface area contributed by atoms with E-state index in [-0.39, 0.29) is 17.0 Å². The first-order valence-electron chi connectivity index (χ1n) is 13.5. The highest BCUT2D eigenvalue weighted by atomic mass is 79.9. The highest BCUT2D eigenvalue weighted by molar-refractivity contribution is 8.93. The van der Waals surface area contributed by atoms with Gasteiger partial charge in [0.1, 0.15) is 18.8 Å². The predicted molar refractivity (Wildman–Crippen MR) is 167 cm³/mol. The van der Waals surface area contributed by atoms with E-state index in [1.54, 1.807) is 13.4 Å². The number of hydrogen-bond donors (Lipinski definition) is 1. The van der Waals surface area contributed by atoms with Crippen LogP contribution in [0, 0.1) is 0 Å². The van der Waals surface area contributed by atoms with Crippen molar-refractivity contribution in [2.24, 2.45) is 5.16 Å². The first-order chi connectivity index (χ1) is 19.7. The summed E-state index contributed by atoms with van der Waals surface area (Å²) in [6.07, 6.45) is 2.46. The molecule has 0 saturated carbocycles. The number of aromatic nitrogens is 2. The van der Waals surface area contributed by atoms with Crippen LogP contribution in [0.3, 0.4) is 0 Å². The van der Waals surface area contributed by atoms with E-state index in [1.807, 2.05) is 73.7 Å². The van der Waals surface area contributed by atoms with E-state index in [9.17, 15) is 0 Å². The van der Waals surface area contributed by atoms with Crippen LogP contribution >= 0.6 is 17.0 Å². The van der Waals surface area contributed by atoms with E-state index in [1.165, 1.54) is 0 Å². The van der Waals surface area contributed by atoms with Gasteiger partial charge in [-0.1, -0.05) is 47.6 Å². The second-order valence-corrected chi connectivity index (χ2v) is 9.54. The molecule has 1 aromatic heterocycles. The maximum atomic E-state index is 6.14. The quantitative estimate of drug-likeness (QED) is 0.117. The average molecular weight is 623 g/mol. The second kappa shape index (κ2) is 15.3. The van der Waals surface area contributed by atoms with E-state index < -0.39 is 0 Å². The maximum Gasteiger partial charge on any atom is 0.162 e. The minimum absolute atomic E-state index is 0. The monoisotopic (exact) mass is 621 g/mol. The number of nitrogens with one attached hydrogen (secondary N) is 1. The highest BCUT2D eigenvalue weighted by Gasteiger charge is 2.13. The van der Waals surface area contributed by atoms with Crippen LogP contribution in [0.5, 0.6) is 11.5 Å². The molecule has 216 valence electrons. The van der Waals surface area contributed by atoms with Gasteiger partial charge in [-0.25, -0.2) is 9.97 Å². The van der Waals surface area contributed by atoms with Crippen LogP contribution in [0.25, 0.3) is 10.9 Å². The lowest BCUT2D eigenvalue weighted by molar-refractivity contribution is 0.0357. The molecule has 0 unspecified atom stereocenters.